The van der Waals surface area contributed by atoms with Gasteiger partial charge in [0, 0.05) is 6.07 Å². The first-order valence-electron chi connectivity index (χ1n) is 7.04. The molecule has 2 rings (SSSR count). The van der Waals surface area contributed by atoms with Gasteiger partial charge in [0.25, 0.3) is 0 Å². The first-order chi connectivity index (χ1) is 10.3. The lowest BCUT2D eigenvalue weighted by Crippen LogP contribution is -2.28. The average molecular weight is 303 g/mol. The van der Waals surface area contributed by atoms with Gasteiger partial charge in [-0.15, -0.1) is 5.10 Å². The van der Waals surface area contributed by atoms with Crippen molar-refractivity contribution in [3.63, 3.8) is 0 Å². The van der Waals surface area contributed by atoms with Gasteiger partial charge in [-0.25, -0.2) is 4.79 Å². The van der Waals surface area contributed by atoms with Crippen LogP contribution in [0.4, 0.5) is 10.6 Å². The lowest BCUT2D eigenvalue weighted by molar-refractivity contribution is 0.0480. The van der Waals surface area contributed by atoms with Crippen LogP contribution in [-0.4, -0.2) is 21.5 Å². The monoisotopic (exact) mass is 303 g/mol. The van der Waals surface area contributed by atoms with Crippen molar-refractivity contribution in [2.24, 2.45) is 0 Å². The summed E-state index contributed by atoms with van der Waals surface area (Å²) >= 11 is 0. The van der Waals surface area contributed by atoms with Crippen LogP contribution in [0.2, 0.25) is 0 Å². The highest BCUT2D eigenvalue weighted by atomic mass is 16.6. The van der Waals surface area contributed by atoms with Crippen molar-refractivity contribution in [3.8, 4) is 0 Å². The van der Waals surface area contributed by atoms with Gasteiger partial charge < -0.3 is 15.2 Å². The number of nitrogens with two attached hydrogens (primary N) is 1. The van der Waals surface area contributed by atoms with Crippen LogP contribution in [0.25, 0.3) is 0 Å². The molecule has 0 radical (unpaired) electrons. The molecule has 6 nitrogen and oxygen atoms in total. The first-order valence-corrected chi connectivity index (χ1v) is 7.04. The van der Waals surface area contributed by atoms with E-state index >= 15 is 0 Å². The number of nitrogens with zero attached hydrogens (tertiary/aromatic N) is 2. The molecule has 0 spiro atoms. The van der Waals surface area contributed by atoms with E-state index in [0.29, 0.717) is 12.3 Å². The predicted octanol–water partition coefficient (Wildman–Crippen LogP) is 2.97. The number of benzene rings is 1. The fraction of sp³-hybridized carbons (Fsp3) is 0.375. The molecule has 0 aliphatic carbocycles. The number of hydrogen-bond donors (Lipinski definition) is 1. The Morgan fingerprint density at radius 2 is 1.91 bits per heavy atom. The molecule has 0 atom stereocenters. The van der Waals surface area contributed by atoms with Gasteiger partial charge in [0.2, 0.25) is 0 Å². The molecule has 1 aromatic heterocycles. The van der Waals surface area contributed by atoms with E-state index in [-0.39, 0.29) is 12.4 Å². The quantitative estimate of drug-likeness (QED) is 0.939. The maximum atomic E-state index is 12.1. The Balaban J connectivity index is 2.00. The molecule has 0 unspecified atom stereocenters. The Bertz CT molecular complexity index is 630. The summed E-state index contributed by atoms with van der Waals surface area (Å²) < 4.78 is 12.1. The van der Waals surface area contributed by atoms with Crippen LogP contribution in [0.15, 0.2) is 36.4 Å². The number of ether oxygens (including phenoxy) is 2. The van der Waals surface area contributed by atoms with Gasteiger partial charge in [0.1, 0.15) is 11.4 Å². The standard InChI is InChI=1S/C16H21N3O3/c1-16(2,3)22-15(20)19-13(9-14(17)18-19)11-21-10-12-7-5-4-6-8-12/h4-9H,10-11H2,1-3H3,(H2,17,18). The van der Waals surface area contributed by atoms with Crippen molar-refractivity contribution in [1.82, 2.24) is 9.78 Å². The maximum Gasteiger partial charge on any atom is 0.435 e. The molecule has 0 amide bonds. The molecule has 22 heavy (non-hydrogen) atoms. The fourth-order valence-corrected chi connectivity index (χ4v) is 1.85. The number of nitrogen functional groups attached to an aromatic ring is 1. The van der Waals surface area contributed by atoms with Gasteiger partial charge in [-0.05, 0) is 26.3 Å². The minimum atomic E-state index is -0.597. The second kappa shape index (κ2) is 6.62. The Morgan fingerprint density at radius 1 is 1.23 bits per heavy atom. The van der Waals surface area contributed by atoms with Gasteiger partial charge >= 0.3 is 6.09 Å². The molecule has 1 aromatic carbocycles. The predicted molar refractivity (Wildman–Crippen MR) is 83.2 cm³/mol. The number of hydrogen-bond acceptors (Lipinski definition) is 5. The van der Waals surface area contributed by atoms with E-state index in [1.54, 1.807) is 26.8 Å². The van der Waals surface area contributed by atoms with E-state index in [1.165, 1.54) is 0 Å². The van der Waals surface area contributed by atoms with Crippen LogP contribution < -0.4 is 5.73 Å². The van der Waals surface area contributed by atoms with E-state index < -0.39 is 11.7 Å². The van der Waals surface area contributed by atoms with Gasteiger partial charge in [0.05, 0.1) is 18.9 Å². The maximum absolute atomic E-state index is 12.1. The van der Waals surface area contributed by atoms with Gasteiger partial charge in [-0.3, -0.25) is 0 Å². The topological polar surface area (TPSA) is 79.4 Å². The Kier molecular flexibility index (Phi) is 4.82. The average Bonchev–Trinajstić information content (AvgIpc) is 2.79. The summed E-state index contributed by atoms with van der Waals surface area (Å²) in [4.78, 5) is 12.1. The van der Waals surface area contributed by atoms with Crippen molar-refractivity contribution < 1.29 is 14.3 Å². The minimum Gasteiger partial charge on any atom is -0.442 e. The molecule has 0 saturated heterocycles. The molecule has 118 valence electrons. The van der Waals surface area contributed by atoms with E-state index in [0.717, 1.165) is 10.2 Å². The molecule has 0 fully saturated rings. The number of rotatable bonds is 4. The van der Waals surface area contributed by atoms with E-state index in [1.807, 2.05) is 30.3 Å². The number of carbonyl (C=O) groups is 1. The van der Waals surface area contributed by atoms with Crippen molar-refractivity contribution in [1.29, 1.82) is 0 Å². The Morgan fingerprint density at radius 3 is 2.55 bits per heavy atom. The SMILES string of the molecule is CC(C)(C)OC(=O)n1nc(N)cc1COCc1ccccc1. The molecule has 0 aliphatic heterocycles. The summed E-state index contributed by atoms with van der Waals surface area (Å²) in [5.74, 6) is 0.254. The highest BCUT2D eigenvalue weighted by molar-refractivity contribution is 5.71. The third-order valence-corrected chi connectivity index (χ3v) is 2.73. The van der Waals surface area contributed by atoms with Crippen LogP contribution in [0.3, 0.4) is 0 Å². The molecule has 6 heteroatoms. The number of carbonyl (C=O) groups excluding carboxylic acids is 1. The Labute approximate surface area is 129 Å². The van der Waals surface area contributed by atoms with Gasteiger partial charge in [-0.2, -0.15) is 4.68 Å². The summed E-state index contributed by atoms with van der Waals surface area (Å²) in [7, 11) is 0. The van der Waals surface area contributed by atoms with Crippen molar-refractivity contribution >= 4 is 11.9 Å². The molecule has 0 bridgehead atoms. The molecular weight excluding hydrogens is 282 g/mol. The summed E-state index contributed by atoms with van der Waals surface area (Å²) in [6.07, 6.45) is -0.567. The van der Waals surface area contributed by atoms with Crippen LogP contribution in [0.1, 0.15) is 32.0 Å². The Hall–Kier alpha value is -2.34. The smallest absolute Gasteiger partial charge is 0.435 e. The zero-order chi connectivity index (χ0) is 16.2. The van der Waals surface area contributed by atoms with Crippen LogP contribution >= 0.6 is 0 Å². The second-order valence-electron chi connectivity index (χ2n) is 5.93. The van der Waals surface area contributed by atoms with Crippen LogP contribution in [0.5, 0.6) is 0 Å². The van der Waals surface area contributed by atoms with Gasteiger partial charge in [0.15, 0.2) is 0 Å². The third kappa shape index (κ3) is 4.60. The molecule has 0 saturated carbocycles. The molecule has 1 heterocycles. The lowest BCUT2D eigenvalue weighted by Gasteiger charge is -2.19. The van der Waals surface area contributed by atoms with E-state index in [4.69, 9.17) is 15.2 Å². The zero-order valence-electron chi connectivity index (χ0n) is 13.1. The highest BCUT2D eigenvalue weighted by Gasteiger charge is 2.21. The van der Waals surface area contributed by atoms with Crippen LogP contribution in [0, 0.1) is 0 Å². The first kappa shape index (κ1) is 16.0. The number of anilines is 1. The zero-order valence-corrected chi connectivity index (χ0v) is 13.1. The third-order valence-electron chi connectivity index (χ3n) is 2.73. The molecule has 2 aromatic rings. The normalized spacial score (nSPS) is 11.4. The molecule has 0 aliphatic rings. The minimum absolute atomic E-state index is 0.221. The fourth-order valence-electron chi connectivity index (χ4n) is 1.85. The second-order valence-corrected chi connectivity index (χ2v) is 5.93. The van der Waals surface area contributed by atoms with Gasteiger partial charge in [-0.1, -0.05) is 30.3 Å². The molecule has 2 N–H and O–H groups in total. The largest absolute Gasteiger partial charge is 0.442 e. The lowest BCUT2D eigenvalue weighted by atomic mass is 10.2. The van der Waals surface area contributed by atoms with E-state index in [9.17, 15) is 4.79 Å². The summed E-state index contributed by atoms with van der Waals surface area (Å²) in [5, 5.41) is 3.96. The van der Waals surface area contributed by atoms with Crippen molar-refractivity contribution in [3.05, 3.63) is 47.7 Å². The highest BCUT2D eigenvalue weighted by Crippen LogP contribution is 2.14. The molecular formula is C16H21N3O3. The summed E-state index contributed by atoms with van der Waals surface area (Å²) in [6, 6.07) is 11.4. The van der Waals surface area contributed by atoms with Crippen molar-refractivity contribution in [2.45, 2.75) is 39.6 Å². The number of aromatic nitrogens is 2. The summed E-state index contributed by atoms with van der Waals surface area (Å²) in [5.41, 5.74) is 6.68. The summed E-state index contributed by atoms with van der Waals surface area (Å²) in [6.45, 7) is 6.05. The van der Waals surface area contributed by atoms with Crippen LogP contribution in [-0.2, 0) is 22.7 Å². The van der Waals surface area contributed by atoms with E-state index in [2.05, 4.69) is 5.10 Å². The van der Waals surface area contributed by atoms with Crippen molar-refractivity contribution in [2.75, 3.05) is 5.73 Å².